The van der Waals surface area contributed by atoms with Gasteiger partial charge in [0.25, 0.3) is 0 Å². The first kappa shape index (κ1) is 15.2. The fourth-order valence-corrected chi connectivity index (χ4v) is 3.95. The van der Waals surface area contributed by atoms with Gasteiger partial charge in [0.05, 0.1) is 5.69 Å². The second kappa shape index (κ2) is 6.07. The van der Waals surface area contributed by atoms with Crippen LogP contribution in [0.15, 0.2) is 23.4 Å². The molecule has 0 unspecified atom stereocenters. The van der Waals surface area contributed by atoms with Crippen LogP contribution in [0.2, 0.25) is 0 Å². The average Bonchev–Trinajstić information content (AvgIpc) is 2.46. The Morgan fingerprint density at radius 3 is 2.70 bits per heavy atom. The summed E-state index contributed by atoms with van der Waals surface area (Å²) in [6, 6.07) is 1.54. The Bertz CT molecular complexity index is 553. The SMILES string of the molecule is CC1(CNS(=O)(=O)c2cnccc2NN)CCCCC1. The van der Waals surface area contributed by atoms with Gasteiger partial charge in [0.15, 0.2) is 0 Å². The van der Waals surface area contributed by atoms with E-state index in [1.807, 2.05) is 0 Å². The van der Waals surface area contributed by atoms with Crippen molar-refractivity contribution in [2.75, 3.05) is 12.0 Å². The van der Waals surface area contributed by atoms with E-state index in [2.05, 4.69) is 22.1 Å². The number of aromatic nitrogens is 1. The van der Waals surface area contributed by atoms with Crippen molar-refractivity contribution in [3.8, 4) is 0 Å². The first-order valence-electron chi connectivity index (χ1n) is 6.87. The van der Waals surface area contributed by atoms with E-state index in [0.717, 1.165) is 12.8 Å². The summed E-state index contributed by atoms with van der Waals surface area (Å²) < 4.78 is 27.4. The van der Waals surface area contributed by atoms with Gasteiger partial charge in [0.2, 0.25) is 10.0 Å². The standard InChI is InChI=1S/C13H22N4O2S/c1-13(6-3-2-4-7-13)10-16-20(18,19)12-9-15-8-5-11(12)17-14/h5,8-9,16H,2-4,6-7,10,14H2,1H3,(H,15,17). The number of hydrogen-bond acceptors (Lipinski definition) is 5. The second-order valence-electron chi connectivity index (χ2n) is 5.71. The third-order valence-electron chi connectivity index (χ3n) is 3.98. The summed E-state index contributed by atoms with van der Waals surface area (Å²) >= 11 is 0. The highest BCUT2D eigenvalue weighted by Gasteiger charge is 2.29. The van der Waals surface area contributed by atoms with Crippen molar-refractivity contribution < 1.29 is 8.42 Å². The lowest BCUT2D eigenvalue weighted by atomic mass is 9.76. The van der Waals surface area contributed by atoms with Crippen LogP contribution >= 0.6 is 0 Å². The first-order valence-corrected chi connectivity index (χ1v) is 8.35. The number of pyridine rings is 1. The maximum absolute atomic E-state index is 12.4. The Kier molecular flexibility index (Phi) is 4.62. The molecule has 1 aromatic heterocycles. The Morgan fingerprint density at radius 2 is 2.05 bits per heavy atom. The summed E-state index contributed by atoms with van der Waals surface area (Å²) in [4.78, 5) is 3.94. The highest BCUT2D eigenvalue weighted by Crippen LogP contribution is 2.35. The molecule has 0 aliphatic heterocycles. The molecule has 0 aromatic carbocycles. The van der Waals surface area contributed by atoms with E-state index in [4.69, 9.17) is 5.84 Å². The summed E-state index contributed by atoms with van der Waals surface area (Å²) in [5.74, 6) is 5.34. The van der Waals surface area contributed by atoms with E-state index in [1.54, 1.807) is 0 Å². The number of nitrogen functional groups attached to an aromatic ring is 1. The van der Waals surface area contributed by atoms with E-state index < -0.39 is 10.0 Å². The molecule has 0 spiro atoms. The van der Waals surface area contributed by atoms with E-state index in [9.17, 15) is 8.42 Å². The Labute approximate surface area is 120 Å². The molecule has 2 rings (SSSR count). The van der Waals surface area contributed by atoms with Crippen molar-refractivity contribution in [3.05, 3.63) is 18.5 Å². The van der Waals surface area contributed by atoms with Crippen LogP contribution in [0, 0.1) is 5.41 Å². The maximum Gasteiger partial charge on any atom is 0.244 e. The number of hydrazine groups is 1. The van der Waals surface area contributed by atoms with Gasteiger partial charge in [-0.15, -0.1) is 0 Å². The van der Waals surface area contributed by atoms with E-state index in [1.165, 1.54) is 37.7 Å². The Hall–Kier alpha value is -1.18. The molecular weight excluding hydrogens is 276 g/mol. The molecule has 0 amide bonds. The van der Waals surface area contributed by atoms with Crippen molar-refractivity contribution in [3.63, 3.8) is 0 Å². The molecule has 1 aliphatic carbocycles. The van der Waals surface area contributed by atoms with Crippen LogP contribution in [0.1, 0.15) is 39.0 Å². The minimum atomic E-state index is -3.60. The quantitative estimate of drug-likeness (QED) is 0.567. The molecule has 0 bridgehead atoms. The van der Waals surface area contributed by atoms with Crippen molar-refractivity contribution >= 4 is 15.7 Å². The van der Waals surface area contributed by atoms with Gasteiger partial charge in [-0.3, -0.25) is 10.8 Å². The smallest absolute Gasteiger partial charge is 0.244 e. The van der Waals surface area contributed by atoms with Crippen molar-refractivity contribution in [2.24, 2.45) is 11.3 Å². The maximum atomic E-state index is 12.4. The minimum Gasteiger partial charge on any atom is -0.323 e. The van der Waals surface area contributed by atoms with Crippen molar-refractivity contribution in [1.29, 1.82) is 0 Å². The molecule has 0 radical (unpaired) electrons. The fourth-order valence-electron chi connectivity index (χ4n) is 2.64. The molecular formula is C13H22N4O2S. The third kappa shape index (κ3) is 3.47. The summed E-state index contributed by atoms with van der Waals surface area (Å²) in [5, 5.41) is 0. The highest BCUT2D eigenvalue weighted by atomic mass is 32.2. The zero-order valence-corrected chi connectivity index (χ0v) is 12.5. The van der Waals surface area contributed by atoms with Crippen LogP contribution in [0.3, 0.4) is 0 Å². The Balaban J connectivity index is 2.11. The van der Waals surface area contributed by atoms with E-state index in [0.29, 0.717) is 12.2 Å². The van der Waals surface area contributed by atoms with Crippen LogP contribution in [-0.4, -0.2) is 19.9 Å². The van der Waals surface area contributed by atoms with Crippen molar-refractivity contribution in [1.82, 2.24) is 9.71 Å². The van der Waals surface area contributed by atoms with Gasteiger partial charge in [0.1, 0.15) is 4.90 Å². The number of nitrogens with one attached hydrogen (secondary N) is 2. The van der Waals surface area contributed by atoms with E-state index >= 15 is 0 Å². The van der Waals surface area contributed by atoms with Gasteiger partial charge >= 0.3 is 0 Å². The van der Waals surface area contributed by atoms with Crippen LogP contribution in [0.4, 0.5) is 5.69 Å². The zero-order chi connectivity index (χ0) is 14.6. The number of sulfonamides is 1. The molecule has 1 aliphatic rings. The number of nitrogens with zero attached hydrogens (tertiary/aromatic N) is 1. The molecule has 112 valence electrons. The molecule has 4 N–H and O–H groups in total. The molecule has 1 heterocycles. The molecule has 1 saturated carbocycles. The lowest BCUT2D eigenvalue weighted by Gasteiger charge is -2.33. The zero-order valence-electron chi connectivity index (χ0n) is 11.7. The van der Waals surface area contributed by atoms with Crippen LogP contribution < -0.4 is 16.0 Å². The molecule has 20 heavy (non-hydrogen) atoms. The third-order valence-corrected chi connectivity index (χ3v) is 5.41. The van der Waals surface area contributed by atoms with Gasteiger partial charge < -0.3 is 5.43 Å². The van der Waals surface area contributed by atoms with Gasteiger partial charge in [0, 0.05) is 18.9 Å². The van der Waals surface area contributed by atoms with Gasteiger partial charge in [-0.2, -0.15) is 0 Å². The minimum absolute atomic E-state index is 0.0455. The van der Waals surface area contributed by atoms with Crippen LogP contribution in [0.5, 0.6) is 0 Å². The molecule has 0 saturated heterocycles. The van der Waals surface area contributed by atoms with Gasteiger partial charge in [-0.1, -0.05) is 26.2 Å². The largest absolute Gasteiger partial charge is 0.323 e. The van der Waals surface area contributed by atoms with Crippen LogP contribution in [-0.2, 0) is 10.0 Å². The number of anilines is 1. The normalized spacial score (nSPS) is 18.7. The predicted molar refractivity (Wildman–Crippen MR) is 78.4 cm³/mol. The summed E-state index contributed by atoms with van der Waals surface area (Å²) in [7, 11) is -3.60. The van der Waals surface area contributed by atoms with Crippen molar-refractivity contribution in [2.45, 2.75) is 43.9 Å². The lowest BCUT2D eigenvalue weighted by Crippen LogP contribution is -2.37. The number of nitrogens with two attached hydrogens (primary N) is 1. The predicted octanol–water partition coefficient (Wildman–Crippen LogP) is 1.62. The average molecular weight is 298 g/mol. The van der Waals surface area contributed by atoms with Gasteiger partial charge in [-0.05, 0) is 24.3 Å². The summed E-state index contributed by atoms with van der Waals surface area (Å²) in [6.45, 7) is 2.59. The monoisotopic (exact) mass is 298 g/mol. The number of hydrogen-bond donors (Lipinski definition) is 3. The lowest BCUT2D eigenvalue weighted by molar-refractivity contribution is 0.219. The highest BCUT2D eigenvalue weighted by molar-refractivity contribution is 7.89. The summed E-state index contributed by atoms with van der Waals surface area (Å²) in [6.07, 6.45) is 8.50. The molecule has 0 atom stereocenters. The van der Waals surface area contributed by atoms with Gasteiger partial charge in [-0.25, -0.2) is 13.1 Å². The molecule has 6 nitrogen and oxygen atoms in total. The topological polar surface area (TPSA) is 97.1 Å². The first-order chi connectivity index (χ1) is 9.47. The molecule has 1 aromatic rings. The fraction of sp³-hybridized carbons (Fsp3) is 0.615. The van der Waals surface area contributed by atoms with Crippen LogP contribution in [0.25, 0.3) is 0 Å². The molecule has 7 heteroatoms. The molecule has 1 fully saturated rings. The number of rotatable bonds is 5. The van der Waals surface area contributed by atoms with E-state index in [-0.39, 0.29) is 10.3 Å². The Morgan fingerprint density at radius 1 is 1.35 bits per heavy atom. The summed E-state index contributed by atoms with van der Waals surface area (Å²) in [5.41, 5.74) is 2.78. The second-order valence-corrected chi connectivity index (χ2v) is 7.45.